The molecule has 1 aliphatic carbocycles. The van der Waals surface area contributed by atoms with Crippen LogP contribution in [0.15, 0.2) is 0 Å². The quantitative estimate of drug-likeness (QED) is 0.272. The van der Waals surface area contributed by atoms with E-state index in [1.54, 1.807) is 32.6 Å². The zero-order valence-corrected chi connectivity index (χ0v) is 26.0. The van der Waals surface area contributed by atoms with Gasteiger partial charge in [0.05, 0.1) is 6.61 Å². The van der Waals surface area contributed by atoms with Crippen molar-refractivity contribution in [2.24, 2.45) is 17.8 Å². The van der Waals surface area contributed by atoms with Crippen LogP contribution in [0.3, 0.4) is 0 Å². The molecule has 3 fully saturated rings. The molecule has 10 heteroatoms. The summed E-state index contributed by atoms with van der Waals surface area (Å²) in [4.78, 5) is 55.2. The van der Waals surface area contributed by atoms with E-state index in [-0.39, 0.29) is 46.1 Å². The van der Waals surface area contributed by atoms with Crippen LogP contribution in [0.5, 0.6) is 0 Å². The van der Waals surface area contributed by atoms with Crippen molar-refractivity contribution < 1.29 is 28.7 Å². The Morgan fingerprint density at radius 1 is 1.16 bits per heavy atom. The molecule has 2 aliphatic heterocycles. The summed E-state index contributed by atoms with van der Waals surface area (Å²) >= 11 is -0.456. The molecule has 9 nitrogen and oxygen atoms in total. The van der Waals surface area contributed by atoms with E-state index in [0.29, 0.717) is 19.4 Å². The Morgan fingerprint density at radius 3 is 2.42 bits per heavy atom. The zero-order chi connectivity index (χ0) is 28.3. The molecule has 3 aliphatic rings. The highest BCUT2D eigenvalue weighted by molar-refractivity contribution is 14.2. The van der Waals surface area contributed by atoms with Crippen LogP contribution in [0, 0.1) is 17.8 Å². The predicted octanol–water partition coefficient (Wildman–Crippen LogP) is 3.93. The van der Waals surface area contributed by atoms with E-state index in [2.05, 4.69) is 22.1 Å². The highest BCUT2D eigenvalue weighted by Crippen LogP contribution is 2.56. The first-order valence-corrected chi connectivity index (χ1v) is 16.8. The van der Waals surface area contributed by atoms with Gasteiger partial charge in [0.25, 0.3) is 0 Å². The minimum Gasteiger partial charge on any atom is -0.464 e. The van der Waals surface area contributed by atoms with Gasteiger partial charge in [-0.2, -0.15) is 0 Å². The van der Waals surface area contributed by atoms with Gasteiger partial charge < -0.3 is 25.0 Å². The van der Waals surface area contributed by atoms with Crippen LogP contribution in [0.25, 0.3) is 0 Å². The number of amides is 3. The molecule has 2 N–H and O–H groups in total. The number of alkyl carbamates (subject to hydrolysis) is 1. The van der Waals surface area contributed by atoms with Crippen LogP contribution < -0.4 is 10.6 Å². The number of carbonyl (C=O) groups is 4. The first-order valence-electron chi connectivity index (χ1n) is 14.0. The molecule has 0 aromatic rings. The average Bonchev–Trinajstić information content (AvgIpc) is 3.20. The number of nitrogens with zero attached hydrogens (tertiary/aromatic N) is 1. The molecule has 1 saturated carbocycles. The summed E-state index contributed by atoms with van der Waals surface area (Å²) in [7, 11) is 0. The van der Waals surface area contributed by atoms with Gasteiger partial charge in [0.2, 0.25) is 11.8 Å². The fraction of sp³-hybridized carbons (Fsp3) is 0.821. The molecule has 2 heterocycles. The number of halogens is 1. The summed E-state index contributed by atoms with van der Waals surface area (Å²) in [6.07, 6.45) is 5.02. The van der Waals surface area contributed by atoms with Crippen molar-refractivity contribution in [3.8, 4) is 0 Å². The summed E-state index contributed by atoms with van der Waals surface area (Å²) in [6.45, 7) is 11.9. The molecule has 0 aromatic carbocycles. The lowest BCUT2D eigenvalue weighted by atomic mass is 9.94. The maximum absolute atomic E-state index is 13.9. The number of carbonyl (C=O) groups excluding carboxylic acids is 4. The molecule has 1 unspecified atom stereocenters. The van der Waals surface area contributed by atoms with Crippen LogP contribution in [-0.2, 0) is 23.9 Å². The number of alkyl halides is 1. The van der Waals surface area contributed by atoms with Crippen molar-refractivity contribution in [2.45, 2.75) is 114 Å². The second-order valence-corrected chi connectivity index (χ2v) is 14.7. The number of ether oxygens (including phenoxy) is 2. The molecule has 2 saturated heterocycles. The highest BCUT2D eigenvalue weighted by atomic mass is 127. The number of hydrogen-bond donors (Lipinski definition) is 2. The maximum Gasteiger partial charge on any atom is 0.408 e. The van der Waals surface area contributed by atoms with Gasteiger partial charge in [-0.15, -0.1) is 20.7 Å². The van der Waals surface area contributed by atoms with Crippen molar-refractivity contribution in [2.75, 3.05) is 13.2 Å². The van der Waals surface area contributed by atoms with Crippen molar-refractivity contribution in [3.63, 3.8) is 0 Å². The summed E-state index contributed by atoms with van der Waals surface area (Å²) in [5.41, 5.74) is -1.75. The molecule has 7 atom stereocenters. The number of fused-ring (bicyclic) bond motifs is 2. The SMILES string of the molecule is C=I[C@@H]1C[C@H]2C(=O)N[C@]3(C(=O)OCC)[C@H](C)[C@H]3C(C)CCCCCC[C@H](NC(=O)OC(C)(C)C)C(=O)N2C1. The lowest BCUT2D eigenvalue weighted by Crippen LogP contribution is -2.57. The summed E-state index contributed by atoms with van der Waals surface area (Å²) in [6, 6.07) is -1.49. The van der Waals surface area contributed by atoms with Gasteiger partial charge in [-0.1, -0.05) is 50.5 Å². The van der Waals surface area contributed by atoms with Gasteiger partial charge in [0.1, 0.15) is 23.2 Å². The van der Waals surface area contributed by atoms with Crippen molar-refractivity contribution in [1.29, 1.82) is 0 Å². The molecule has 3 amide bonds. The molecular formula is C28H46IN3O6. The third kappa shape index (κ3) is 6.88. The van der Waals surface area contributed by atoms with Gasteiger partial charge in [-0.25, -0.2) is 9.59 Å². The smallest absolute Gasteiger partial charge is 0.408 e. The Hall–Kier alpha value is -1.72. The maximum atomic E-state index is 13.9. The van der Waals surface area contributed by atoms with E-state index in [0.717, 1.165) is 32.1 Å². The Labute approximate surface area is 237 Å². The van der Waals surface area contributed by atoms with Gasteiger partial charge in [-0.05, 0) is 52.4 Å². The van der Waals surface area contributed by atoms with Crippen molar-refractivity contribution in [1.82, 2.24) is 15.5 Å². The molecule has 0 spiro atoms. The molecular weight excluding hydrogens is 601 g/mol. The second-order valence-electron chi connectivity index (χ2n) is 12.1. The number of hydrogen-bond acceptors (Lipinski definition) is 6. The third-order valence-electron chi connectivity index (χ3n) is 8.18. The minimum absolute atomic E-state index is 0.00108. The number of esters is 1. The first-order chi connectivity index (χ1) is 17.9. The minimum atomic E-state index is -1.06. The van der Waals surface area contributed by atoms with Gasteiger partial charge >= 0.3 is 12.1 Å². The summed E-state index contributed by atoms with van der Waals surface area (Å²) in [5, 5.41) is 5.88. The predicted molar refractivity (Wildman–Crippen MR) is 155 cm³/mol. The first kappa shape index (κ1) is 30.8. The van der Waals surface area contributed by atoms with Gasteiger partial charge in [-0.3, -0.25) is 9.59 Å². The fourth-order valence-corrected chi connectivity index (χ4v) is 7.83. The van der Waals surface area contributed by atoms with E-state index >= 15 is 0 Å². The Bertz CT molecular complexity index is 921. The Morgan fingerprint density at radius 2 is 1.82 bits per heavy atom. The van der Waals surface area contributed by atoms with E-state index in [1.165, 1.54) is 0 Å². The van der Waals surface area contributed by atoms with E-state index in [1.807, 2.05) is 6.92 Å². The molecule has 0 bridgehead atoms. The normalized spacial score (nSPS) is 34.6. The number of nitrogens with one attached hydrogen (secondary N) is 2. The molecule has 38 heavy (non-hydrogen) atoms. The summed E-state index contributed by atoms with van der Waals surface area (Å²) < 4.78 is 15.2. The van der Waals surface area contributed by atoms with Crippen LogP contribution >= 0.6 is 20.7 Å². The molecule has 0 radical (unpaired) electrons. The average molecular weight is 648 g/mol. The topological polar surface area (TPSA) is 114 Å². The lowest BCUT2D eigenvalue weighted by Gasteiger charge is -2.30. The van der Waals surface area contributed by atoms with Crippen molar-refractivity contribution >= 4 is 49.1 Å². The molecule has 216 valence electrons. The second kappa shape index (κ2) is 12.6. The highest BCUT2D eigenvalue weighted by Gasteiger charge is 2.70. The van der Waals surface area contributed by atoms with E-state index in [4.69, 9.17) is 9.47 Å². The largest absolute Gasteiger partial charge is 0.464 e. The van der Waals surface area contributed by atoms with E-state index < -0.39 is 50.0 Å². The summed E-state index contributed by atoms with van der Waals surface area (Å²) in [5.74, 6) is -0.774. The Balaban J connectivity index is 1.92. The molecule has 0 aromatic heterocycles. The standard InChI is InChI=1S/C28H46IN3O6/c1-8-37-25(35)28-18(3)22(28)17(2)13-11-9-10-12-14-20(30-26(36)38-27(4,5)6)24(34)32-16-19(29-7)15-21(32)23(33)31-28/h17-22H,7-16H2,1-6H3,(H,30,36)(H,31,33)/t17?,18-,19-,20+,21+,22-,28-/m1/s1. The van der Waals surface area contributed by atoms with Gasteiger partial charge in [0.15, 0.2) is 0 Å². The van der Waals surface area contributed by atoms with E-state index in [9.17, 15) is 19.2 Å². The third-order valence-corrected chi connectivity index (χ3v) is 10.3. The molecule has 3 rings (SSSR count). The van der Waals surface area contributed by atoms with Crippen LogP contribution in [-0.4, -0.2) is 73.6 Å². The van der Waals surface area contributed by atoms with Crippen molar-refractivity contribution in [3.05, 3.63) is 0 Å². The Kier molecular flexibility index (Phi) is 10.2. The van der Waals surface area contributed by atoms with Crippen LogP contribution in [0.1, 0.15) is 86.5 Å². The lowest BCUT2D eigenvalue weighted by molar-refractivity contribution is -0.151. The van der Waals surface area contributed by atoms with Crippen LogP contribution in [0.4, 0.5) is 4.79 Å². The van der Waals surface area contributed by atoms with Gasteiger partial charge in [0, 0.05) is 16.4 Å². The zero-order valence-electron chi connectivity index (χ0n) is 23.8. The fourth-order valence-electron chi connectivity index (χ4n) is 6.29. The van der Waals surface area contributed by atoms with Crippen LogP contribution in [0.2, 0.25) is 0 Å². The number of rotatable bonds is 4. The monoisotopic (exact) mass is 647 g/mol.